The maximum absolute atomic E-state index is 9.67. The Bertz CT molecular complexity index is 1410. The van der Waals surface area contributed by atoms with E-state index in [1.165, 1.54) is 11.3 Å². The highest BCUT2D eigenvalue weighted by atomic mass is 79.9. The van der Waals surface area contributed by atoms with E-state index in [9.17, 15) is 12.9 Å². The Morgan fingerprint density at radius 1 is 0.784 bits per heavy atom. The minimum absolute atomic E-state index is 0. The Kier molecular flexibility index (Phi) is 9.89. The van der Waals surface area contributed by atoms with E-state index in [2.05, 4.69) is 129 Å². The summed E-state index contributed by atoms with van der Waals surface area (Å²) in [5.41, 5.74) is 6.89. The van der Waals surface area contributed by atoms with Crippen molar-refractivity contribution in [1.29, 1.82) is 0 Å². The number of halogens is 6. The van der Waals surface area contributed by atoms with Crippen molar-refractivity contribution in [2.45, 2.75) is 0 Å². The zero-order valence-electron chi connectivity index (χ0n) is 19.5. The van der Waals surface area contributed by atoms with Crippen molar-refractivity contribution >= 4 is 68.2 Å². The summed E-state index contributed by atoms with van der Waals surface area (Å²) in [5, 5.41) is 0. The Balaban J connectivity index is 0.000000711. The Hall–Kier alpha value is -3.17. The highest BCUT2D eigenvalue weighted by Gasteiger charge is 2.22. The largest absolute Gasteiger partial charge is 1.00 e. The summed E-state index contributed by atoms with van der Waals surface area (Å²) in [5.74, 6) is 1.63. The number of benzene rings is 3. The molecule has 0 spiro atoms. The maximum Gasteiger partial charge on any atom is 0.762 e. The molecule has 0 atom stereocenters. The minimum atomic E-state index is -3.67. The third-order valence-electron chi connectivity index (χ3n) is 5.47. The van der Waals surface area contributed by atoms with Gasteiger partial charge in [0.15, 0.2) is 6.21 Å². The predicted molar refractivity (Wildman–Crippen MR) is 149 cm³/mol. The van der Waals surface area contributed by atoms with Crippen molar-refractivity contribution in [2.24, 2.45) is 0 Å². The molecule has 2 nitrogen and oxygen atoms in total. The molecule has 0 bridgehead atoms. The van der Waals surface area contributed by atoms with Crippen molar-refractivity contribution in [3.8, 4) is 0 Å². The molecular weight excluding hydrogens is 613 g/mol. The molecule has 37 heavy (non-hydrogen) atoms. The van der Waals surface area contributed by atoms with Gasteiger partial charge in [-0.3, -0.25) is 12.9 Å². The molecule has 0 aliphatic carbocycles. The van der Waals surface area contributed by atoms with Crippen LogP contribution in [-0.2, 0) is 4.74 Å². The molecule has 5 rings (SSSR count). The van der Waals surface area contributed by atoms with Crippen molar-refractivity contribution in [1.82, 2.24) is 0 Å². The van der Waals surface area contributed by atoms with E-state index in [0.29, 0.717) is 0 Å². The lowest BCUT2D eigenvalue weighted by Crippen LogP contribution is -3.00. The van der Waals surface area contributed by atoms with E-state index in [4.69, 9.17) is 4.74 Å². The zero-order valence-corrected chi connectivity index (χ0v) is 22.7. The summed E-state index contributed by atoms with van der Waals surface area (Å²) >= 11 is 7.04. The van der Waals surface area contributed by atoms with Crippen LogP contribution in [0.5, 0.6) is 0 Å². The molecule has 9 heteroatoms. The Morgan fingerprint density at radius 2 is 1.35 bits per heavy atom. The van der Waals surface area contributed by atoms with Crippen molar-refractivity contribution in [3.05, 3.63) is 128 Å². The molecule has 0 N–H and O–H groups in total. The third kappa shape index (κ3) is 7.43. The van der Waals surface area contributed by atoms with Crippen LogP contribution in [0.3, 0.4) is 0 Å². The first-order valence-electron chi connectivity index (χ1n) is 10.9. The number of para-hydroxylation sites is 1. The van der Waals surface area contributed by atoms with Crippen LogP contribution in [0.2, 0.25) is 0 Å². The molecule has 0 aromatic heterocycles. The Morgan fingerprint density at radius 3 is 1.97 bits per heavy atom. The fourth-order valence-corrected chi connectivity index (χ4v) is 4.38. The van der Waals surface area contributed by atoms with Crippen LogP contribution < -0.4 is 4.70 Å². The number of nitrogens with zero attached hydrogens (tertiary/aromatic N) is 1. The fourth-order valence-electron chi connectivity index (χ4n) is 3.85. The lowest BCUT2D eigenvalue weighted by Gasteiger charge is -2.18. The monoisotopic (exact) mass is 631 g/mol. The van der Waals surface area contributed by atoms with Gasteiger partial charge in [0.1, 0.15) is 18.6 Å². The molecule has 0 unspecified atom stereocenters. The van der Waals surface area contributed by atoms with Gasteiger partial charge in [-0.05, 0) is 65.8 Å². The maximum atomic E-state index is 9.67. The van der Waals surface area contributed by atoms with Gasteiger partial charge in [0, 0.05) is 20.6 Å². The summed E-state index contributed by atoms with van der Waals surface area (Å²) in [6.45, 7) is 0. The van der Waals surface area contributed by atoms with Gasteiger partial charge >= 0.3 is 7.54 Å². The number of hydrogen-bond acceptors (Lipinski definition) is 1. The van der Waals surface area contributed by atoms with E-state index in [0.717, 1.165) is 42.7 Å². The molecule has 0 saturated carbocycles. The van der Waals surface area contributed by atoms with Gasteiger partial charge in [0.2, 0.25) is 5.69 Å². The molecule has 2 aliphatic heterocycles. The quantitative estimate of drug-likeness (QED) is 0.200. The van der Waals surface area contributed by atoms with Crippen LogP contribution in [0, 0.1) is 0 Å². The van der Waals surface area contributed by atoms with Gasteiger partial charge in [-0.15, -0.1) is 0 Å². The topological polar surface area (TPSA) is 12.2 Å². The summed E-state index contributed by atoms with van der Waals surface area (Å²) in [7, 11) is -1.59. The van der Waals surface area contributed by atoms with E-state index >= 15 is 0 Å². The number of hydrogen-bond donors (Lipinski definition) is 0. The molecular formula is C28H20BBr2F4NO. The molecule has 0 radical (unpaired) electrons. The average Bonchev–Trinajstić information content (AvgIpc) is 3.19. The van der Waals surface area contributed by atoms with Gasteiger partial charge in [-0.25, -0.2) is 4.58 Å². The second kappa shape index (κ2) is 12.9. The first kappa shape index (κ1) is 28.4. The number of ether oxygens (including phenoxy) is 1. The zero-order chi connectivity index (χ0) is 25.7. The van der Waals surface area contributed by atoms with Gasteiger partial charge < -0.3 is 9.44 Å². The molecule has 3 aromatic carbocycles. The lowest BCUT2D eigenvalue weighted by molar-refractivity contribution is -0.395. The molecule has 0 fully saturated rings. The molecule has 2 aliphatic rings. The SMILES string of the molecule is C[N+]1=CC(=CC=C2C=C(c3ccc(Br)cc3)C=C(c3ccc(Br)cc3)O2)c2ccccc21.FB(F)F.[F-]. The first-order valence-corrected chi connectivity index (χ1v) is 12.5. The van der Waals surface area contributed by atoms with Crippen LogP contribution in [0.4, 0.5) is 18.6 Å². The standard InChI is InChI=1S/C28H20Br2NO.BF3.FH/c1-31-18-21(26-4-2-3-5-27(26)31)10-15-25-16-22(19-6-11-23(29)12-7-19)17-28(32-25)20-8-13-24(30)14-9-20;2-1(3)4;/h2-18H,1H3;;1H/q+1;;/p-1. The van der Waals surface area contributed by atoms with Crippen LogP contribution in [-0.4, -0.2) is 25.4 Å². The molecule has 0 saturated heterocycles. The summed E-state index contributed by atoms with van der Waals surface area (Å²) in [6.07, 6.45) is 10.5. The van der Waals surface area contributed by atoms with Gasteiger partial charge in [-0.1, -0.05) is 68.3 Å². The summed E-state index contributed by atoms with van der Waals surface area (Å²) < 4.78 is 39.6. The van der Waals surface area contributed by atoms with Crippen LogP contribution >= 0.6 is 31.9 Å². The number of rotatable bonds is 3. The average molecular weight is 633 g/mol. The summed E-state index contributed by atoms with van der Waals surface area (Å²) in [6, 6.07) is 25.0. The molecule has 2 heterocycles. The van der Waals surface area contributed by atoms with E-state index in [-0.39, 0.29) is 4.70 Å². The summed E-state index contributed by atoms with van der Waals surface area (Å²) in [4.78, 5) is 0. The van der Waals surface area contributed by atoms with E-state index < -0.39 is 7.54 Å². The van der Waals surface area contributed by atoms with Crippen LogP contribution in [0.25, 0.3) is 16.9 Å². The van der Waals surface area contributed by atoms with Crippen molar-refractivity contribution < 1.29 is 27.0 Å². The Labute approximate surface area is 230 Å². The van der Waals surface area contributed by atoms with Crippen molar-refractivity contribution in [2.75, 3.05) is 7.05 Å². The van der Waals surface area contributed by atoms with Crippen LogP contribution in [0.15, 0.2) is 112 Å². The normalized spacial score (nSPS) is 15.9. The van der Waals surface area contributed by atoms with Gasteiger partial charge in [0.05, 0.1) is 11.1 Å². The second-order valence-electron chi connectivity index (χ2n) is 7.92. The highest BCUT2D eigenvalue weighted by Crippen LogP contribution is 2.34. The van der Waals surface area contributed by atoms with Crippen molar-refractivity contribution in [3.63, 3.8) is 0 Å². The third-order valence-corrected chi connectivity index (χ3v) is 6.53. The molecule has 0 amide bonds. The fraction of sp³-hybridized carbons (Fsp3) is 0.0357. The van der Waals surface area contributed by atoms with E-state index in [1.54, 1.807) is 0 Å². The number of allylic oxidation sites excluding steroid dienone is 6. The molecule has 3 aromatic rings. The smallest absolute Gasteiger partial charge is 0.762 e. The second-order valence-corrected chi connectivity index (χ2v) is 9.75. The first-order chi connectivity index (χ1) is 17.3. The highest BCUT2D eigenvalue weighted by molar-refractivity contribution is 9.10. The molecule has 188 valence electrons. The minimum Gasteiger partial charge on any atom is -1.00 e. The van der Waals surface area contributed by atoms with Gasteiger partial charge in [-0.2, -0.15) is 0 Å². The van der Waals surface area contributed by atoms with Crippen LogP contribution in [0.1, 0.15) is 16.7 Å². The van der Waals surface area contributed by atoms with Gasteiger partial charge in [0.25, 0.3) is 0 Å². The predicted octanol–water partition coefficient (Wildman–Crippen LogP) is 5.88. The number of fused-ring (bicyclic) bond motifs is 1. The lowest BCUT2D eigenvalue weighted by atomic mass is 10.0. The van der Waals surface area contributed by atoms with E-state index in [1.807, 2.05) is 18.2 Å².